The first-order chi connectivity index (χ1) is 34.2. The molecule has 0 aliphatic heterocycles. The van der Waals surface area contributed by atoms with Crippen LogP contribution in [0.25, 0.3) is 99.5 Å². The van der Waals surface area contributed by atoms with Crippen molar-refractivity contribution < 1.29 is 0 Å². The minimum atomic E-state index is 1.09. The molecule has 0 unspecified atom stereocenters. The van der Waals surface area contributed by atoms with E-state index in [1.165, 1.54) is 54.7 Å². The predicted molar refractivity (Wildman–Crippen MR) is 292 cm³/mol. The summed E-state index contributed by atoms with van der Waals surface area (Å²) in [7, 11) is 0. The van der Waals surface area contributed by atoms with Crippen LogP contribution >= 0.6 is 0 Å². The Labute approximate surface area is 401 Å². The maximum atomic E-state index is 2.40. The second-order valence-electron chi connectivity index (χ2n) is 17.7. The largest absolute Gasteiger partial charge is 0.310 e. The van der Waals surface area contributed by atoms with Gasteiger partial charge in [0.15, 0.2) is 0 Å². The molecule has 0 spiro atoms. The molecule has 0 N–H and O–H groups in total. The van der Waals surface area contributed by atoms with Gasteiger partial charge in [-0.1, -0.05) is 164 Å². The lowest BCUT2D eigenvalue weighted by Crippen LogP contribution is -2.11. The van der Waals surface area contributed by atoms with E-state index in [-0.39, 0.29) is 0 Å². The number of rotatable bonds is 9. The molecule has 3 nitrogen and oxygen atoms in total. The normalized spacial score (nSPS) is 11.5. The lowest BCUT2D eigenvalue weighted by Gasteiger charge is -2.28. The lowest BCUT2D eigenvalue weighted by atomic mass is 9.91. The molecule has 13 rings (SSSR count). The third kappa shape index (κ3) is 7.08. The highest BCUT2D eigenvalue weighted by atomic mass is 15.1. The van der Waals surface area contributed by atoms with Crippen LogP contribution in [0, 0.1) is 0 Å². The quantitative estimate of drug-likeness (QED) is 0.141. The van der Waals surface area contributed by atoms with Gasteiger partial charge in [-0.05, 0) is 148 Å². The van der Waals surface area contributed by atoms with E-state index in [2.05, 4.69) is 287 Å². The van der Waals surface area contributed by atoms with Crippen molar-refractivity contribution >= 4 is 60.7 Å². The zero-order valence-corrected chi connectivity index (χ0v) is 37.8. The Morgan fingerprint density at radius 3 is 1.17 bits per heavy atom. The van der Waals surface area contributed by atoms with Gasteiger partial charge in [0.05, 0.1) is 27.8 Å². The second-order valence-corrected chi connectivity index (χ2v) is 17.7. The minimum Gasteiger partial charge on any atom is -0.310 e. The van der Waals surface area contributed by atoms with Crippen molar-refractivity contribution in [3.05, 3.63) is 273 Å². The summed E-state index contributed by atoms with van der Waals surface area (Å²) in [5.41, 5.74) is 19.6. The van der Waals surface area contributed by atoms with Crippen LogP contribution < -0.4 is 4.90 Å². The van der Waals surface area contributed by atoms with E-state index in [9.17, 15) is 0 Å². The van der Waals surface area contributed by atoms with Crippen LogP contribution in [-0.4, -0.2) is 9.13 Å². The van der Waals surface area contributed by atoms with Crippen LogP contribution in [-0.2, 0) is 0 Å². The van der Waals surface area contributed by atoms with Crippen LogP contribution in [0.2, 0.25) is 0 Å². The van der Waals surface area contributed by atoms with Crippen LogP contribution in [0.1, 0.15) is 0 Å². The molecule has 324 valence electrons. The zero-order valence-electron chi connectivity index (χ0n) is 37.8. The SMILES string of the molecule is c1ccc(-c2ccc(N(c3ccccc3)c3ccccc3-c3cc(-c4ccc5c(c4)c4ccccc4n5-c4ccccc4)cc(-c4ccc5c(c4)c4ccccc4n5-c4ccccc4)c3)cc2)cc1. The molecule has 13 aromatic rings. The molecule has 0 fully saturated rings. The van der Waals surface area contributed by atoms with Gasteiger partial charge in [0.1, 0.15) is 0 Å². The summed E-state index contributed by atoms with van der Waals surface area (Å²) in [5, 5.41) is 4.92. The van der Waals surface area contributed by atoms with Gasteiger partial charge < -0.3 is 14.0 Å². The average Bonchev–Trinajstić information content (AvgIpc) is 3.94. The smallest absolute Gasteiger partial charge is 0.0541 e. The third-order valence-electron chi connectivity index (χ3n) is 13.7. The average molecular weight is 880 g/mol. The number of benzene rings is 11. The van der Waals surface area contributed by atoms with E-state index in [1.54, 1.807) is 0 Å². The van der Waals surface area contributed by atoms with E-state index in [0.717, 1.165) is 61.8 Å². The highest BCUT2D eigenvalue weighted by Gasteiger charge is 2.20. The van der Waals surface area contributed by atoms with Crippen molar-refractivity contribution in [2.45, 2.75) is 0 Å². The highest BCUT2D eigenvalue weighted by molar-refractivity contribution is 6.12. The van der Waals surface area contributed by atoms with E-state index in [4.69, 9.17) is 0 Å². The second kappa shape index (κ2) is 16.9. The summed E-state index contributed by atoms with van der Waals surface area (Å²) in [6.45, 7) is 0. The molecular weight excluding hydrogens is 835 g/mol. The van der Waals surface area contributed by atoms with Crippen molar-refractivity contribution in [1.82, 2.24) is 9.13 Å². The molecule has 0 atom stereocenters. The van der Waals surface area contributed by atoms with Crippen molar-refractivity contribution in [2.24, 2.45) is 0 Å². The van der Waals surface area contributed by atoms with Crippen molar-refractivity contribution in [2.75, 3.05) is 4.90 Å². The van der Waals surface area contributed by atoms with Gasteiger partial charge in [0.25, 0.3) is 0 Å². The number of aromatic nitrogens is 2. The minimum absolute atomic E-state index is 1.09. The fourth-order valence-electron chi connectivity index (χ4n) is 10.5. The first-order valence-electron chi connectivity index (χ1n) is 23.7. The molecular formula is C66H45N3. The number of fused-ring (bicyclic) bond motifs is 6. The Hall–Kier alpha value is -9.18. The number of para-hydroxylation sites is 6. The maximum Gasteiger partial charge on any atom is 0.0541 e. The Balaban J connectivity index is 1.03. The molecule has 2 aromatic heterocycles. The lowest BCUT2D eigenvalue weighted by molar-refractivity contribution is 1.18. The zero-order chi connectivity index (χ0) is 45.7. The first-order valence-corrected chi connectivity index (χ1v) is 23.7. The standard InChI is InChI=1S/C66H45N3/c1-5-19-46(20-6-1)47-33-37-56(38-34-47)67(53-21-7-2-8-22-53)62-30-16-13-27-57(62)52-42-50(48-35-39-65-60(44-48)58-28-14-17-31-63(58)68(65)54-23-9-3-10-24-54)41-51(43-52)49-36-40-66-61(45-49)59-29-15-18-32-64(59)69(66)55-25-11-4-12-26-55/h1-45H. The Kier molecular flexibility index (Phi) is 9.84. The Morgan fingerprint density at radius 2 is 0.623 bits per heavy atom. The van der Waals surface area contributed by atoms with Crippen LogP contribution in [0.5, 0.6) is 0 Å². The summed E-state index contributed by atoms with van der Waals surface area (Å²) in [6.07, 6.45) is 0. The number of nitrogens with zero attached hydrogens (tertiary/aromatic N) is 3. The monoisotopic (exact) mass is 879 g/mol. The summed E-state index contributed by atoms with van der Waals surface area (Å²) in [6, 6.07) is 99.3. The number of anilines is 3. The molecule has 0 bridgehead atoms. The highest BCUT2D eigenvalue weighted by Crippen LogP contribution is 2.45. The summed E-state index contributed by atoms with van der Waals surface area (Å²) < 4.78 is 4.77. The van der Waals surface area contributed by atoms with Crippen molar-refractivity contribution in [1.29, 1.82) is 0 Å². The number of hydrogen-bond donors (Lipinski definition) is 0. The van der Waals surface area contributed by atoms with E-state index >= 15 is 0 Å². The predicted octanol–water partition coefficient (Wildman–Crippen LogP) is 18.0. The summed E-state index contributed by atoms with van der Waals surface area (Å²) >= 11 is 0. The molecule has 3 heteroatoms. The molecule has 69 heavy (non-hydrogen) atoms. The molecule has 11 aromatic carbocycles. The van der Waals surface area contributed by atoms with E-state index < -0.39 is 0 Å². The van der Waals surface area contributed by atoms with Crippen LogP contribution in [0.15, 0.2) is 273 Å². The molecule has 0 radical (unpaired) electrons. The van der Waals surface area contributed by atoms with Gasteiger partial charge in [-0.15, -0.1) is 0 Å². The Morgan fingerprint density at radius 1 is 0.232 bits per heavy atom. The van der Waals surface area contributed by atoms with Crippen molar-refractivity contribution in [3.63, 3.8) is 0 Å². The van der Waals surface area contributed by atoms with Crippen LogP contribution in [0.3, 0.4) is 0 Å². The van der Waals surface area contributed by atoms with Gasteiger partial charge in [0.2, 0.25) is 0 Å². The van der Waals surface area contributed by atoms with Crippen LogP contribution in [0.4, 0.5) is 17.1 Å². The molecule has 2 heterocycles. The topological polar surface area (TPSA) is 13.1 Å². The number of hydrogen-bond acceptors (Lipinski definition) is 1. The van der Waals surface area contributed by atoms with E-state index in [0.29, 0.717) is 0 Å². The molecule has 0 aliphatic rings. The Bertz CT molecular complexity index is 3810. The molecule has 0 amide bonds. The van der Waals surface area contributed by atoms with Gasteiger partial charge in [-0.25, -0.2) is 0 Å². The summed E-state index contributed by atoms with van der Waals surface area (Å²) in [5.74, 6) is 0. The van der Waals surface area contributed by atoms with Gasteiger partial charge in [-0.3, -0.25) is 0 Å². The third-order valence-corrected chi connectivity index (χ3v) is 13.7. The van der Waals surface area contributed by atoms with Gasteiger partial charge >= 0.3 is 0 Å². The van der Waals surface area contributed by atoms with Gasteiger partial charge in [0, 0.05) is 49.9 Å². The first kappa shape index (κ1) is 40.1. The molecule has 0 saturated carbocycles. The maximum absolute atomic E-state index is 2.40. The van der Waals surface area contributed by atoms with E-state index in [1.807, 2.05) is 0 Å². The van der Waals surface area contributed by atoms with Crippen molar-refractivity contribution in [3.8, 4) is 55.9 Å². The fourth-order valence-corrected chi connectivity index (χ4v) is 10.5. The fraction of sp³-hybridized carbons (Fsp3) is 0. The molecule has 0 saturated heterocycles. The summed E-state index contributed by atoms with van der Waals surface area (Å²) in [4.78, 5) is 2.39. The molecule has 0 aliphatic carbocycles. The van der Waals surface area contributed by atoms with Gasteiger partial charge in [-0.2, -0.15) is 0 Å².